The highest BCUT2D eigenvalue weighted by Crippen LogP contribution is 2.29. The van der Waals surface area contributed by atoms with E-state index in [1.54, 1.807) is 49.4 Å². The van der Waals surface area contributed by atoms with Crippen LogP contribution in [0.4, 0.5) is 5.69 Å². The van der Waals surface area contributed by atoms with E-state index >= 15 is 0 Å². The molecule has 0 fully saturated rings. The maximum atomic E-state index is 13.5. The second-order valence-corrected chi connectivity index (χ2v) is 10.9. The smallest absolute Gasteiger partial charge is 0.264 e. The Bertz CT molecular complexity index is 1270. The molecule has 0 unspecified atom stereocenters. The van der Waals surface area contributed by atoms with Crippen LogP contribution in [0.15, 0.2) is 71.6 Å². The summed E-state index contributed by atoms with van der Waals surface area (Å²) in [5.41, 5.74) is 3.07. The van der Waals surface area contributed by atoms with Crippen LogP contribution >= 0.6 is 11.6 Å². The van der Waals surface area contributed by atoms with Gasteiger partial charge >= 0.3 is 0 Å². The Morgan fingerprint density at radius 2 is 1.71 bits per heavy atom. The molecule has 6 nitrogen and oxygen atoms in total. The number of ether oxygens (including phenoxy) is 1. The molecule has 35 heavy (non-hydrogen) atoms. The van der Waals surface area contributed by atoms with E-state index in [1.165, 1.54) is 0 Å². The van der Waals surface area contributed by atoms with Gasteiger partial charge in [0.1, 0.15) is 18.9 Å². The summed E-state index contributed by atoms with van der Waals surface area (Å²) in [5.74, 6) is 0.650. The lowest BCUT2D eigenvalue weighted by atomic mass is 10.0. The van der Waals surface area contributed by atoms with Gasteiger partial charge in [0.25, 0.3) is 10.0 Å². The van der Waals surface area contributed by atoms with E-state index in [1.807, 2.05) is 31.2 Å². The number of anilines is 1. The molecule has 0 aromatic heterocycles. The molecule has 3 rings (SSSR count). The van der Waals surface area contributed by atoms with Crippen molar-refractivity contribution in [3.8, 4) is 5.75 Å². The number of nitrogens with zero attached hydrogens (tertiary/aromatic N) is 1. The van der Waals surface area contributed by atoms with Gasteiger partial charge in [0.05, 0.1) is 17.1 Å². The molecule has 0 spiro atoms. The van der Waals surface area contributed by atoms with Crippen LogP contribution in [0.2, 0.25) is 5.02 Å². The average Bonchev–Trinajstić information content (AvgIpc) is 2.81. The first-order valence-electron chi connectivity index (χ1n) is 11.4. The van der Waals surface area contributed by atoms with Crippen molar-refractivity contribution in [2.45, 2.75) is 38.5 Å². The van der Waals surface area contributed by atoms with E-state index in [0.717, 1.165) is 21.2 Å². The van der Waals surface area contributed by atoms with Crippen molar-refractivity contribution >= 4 is 33.2 Å². The van der Waals surface area contributed by atoms with Gasteiger partial charge in [-0.15, -0.1) is 0 Å². The standard InChI is InChI=1S/C27H31ClN2O4S/c1-19(2)24-7-5-6-8-26(24)34-16-15-29-27(31)18-30(25-14-11-22(28)17-21(25)4)35(32,33)23-12-9-20(3)10-13-23/h5-14,17,19H,15-16,18H2,1-4H3,(H,29,31). The number of carbonyl (C=O) groups is 1. The largest absolute Gasteiger partial charge is 0.491 e. The fourth-order valence-electron chi connectivity index (χ4n) is 3.66. The van der Waals surface area contributed by atoms with Crippen LogP contribution in [0.3, 0.4) is 0 Å². The van der Waals surface area contributed by atoms with Crippen LogP contribution in [0, 0.1) is 13.8 Å². The second kappa shape index (κ2) is 11.6. The van der Waals surface area contributed by atoms with Crippen molar-refractivity contribution in [2.24, 2.45) is 0 Å². The molecule has 0 aliphatic carbocycles. The first-order chi connectivity index (χ1) is 16.6. The molecule has 0 saturated carbocycles. The molecular weight excluding hydrogens is 484 g/mol. The number of rotatable bonds is 10. The lowest BCUT2D eigenvalue weighted by Gasteiger charge is -2.26. The highest BCUT2D eigenvalue weighted by atomic mass is 35.5. The highest BCUT2D eigenvalue weighted by molar-refractivity contribution is 7.92. The Morgan fingerprint density at radius 1 is 1.03 bits per heavy atom. The van der Waals surface area contributed by atoms with Crippen molar-refractivity contribution in [1.29, 1.82) is 0 Å². The molecule has 0 aliphatic heterocycles. The number of hydrogen-bond donors (Lipinski definition) is 1. The minimum Gasteiger partial charge on any atom is -0.491 e. The van der Waals surface area contributed by atoms with Crippen molar-refractivity contribution in [1.82, 2.24) is 5.32 Å². The number of sulfonamides is 1. The summed E-state index contributed by atoms with van der Waals surface area (Å²) in [7, 11) is -3.99. The van der Waals surface area contributed by atoms with Crippen LogP contribution in [0.5, 0.6) is 5.75 Å². The maximum Gasteiger partial charge on any atom is 0.264 e. The molecule has 1 N–H and O–H groups in total. The molecular formula is C27H31ClN2O4S. The predicted octanol–water partition coefficient (Wildman–Crippen LogP) is 5.47. The van der Waals surface area contributed by atoms with E-state index in [2.05, 4.69) is 19.2 Å². The number of carbonyl (C=O) groups excluding carboxylic acids is 1. The predicted molar refractivity (Wildman–Crippen MR) is 141 cm³/mol. The van der Waals surface area contributed by atoms with E-state index in [0.29, 0.717) is 22.2 Å². The Kier molecular flexibility index (Phi) is 8.81. The molecule has 0 heterocycles. The molecule has 0 saturated heterocycles. The summed E-state index contributed by atoms with van der Waals surface area (Å²) in [6.07, 6.45) is 0. The highest BCUT2D eigenvalue weighted by Gasteiger charge is 2.28. The van der Waals surface area contributed by atoms with E-state index in [-0.39, 0.29) is 24.6 Å². The number of halogens is 1. The van der Waals surface area contributed by atoms with Gasteiger partial charge in [-0.1, -0.05) is 61.3 Å². The molecule has 0 radical (unpaired) electrons. The third-order valence-electron chi connectivity index (χ3n) is 5.55. The van der Waals surface area contributed by atoms with Crippen molar-refractivity contribution in [2.75, 3.05) is 24.0 Å². The van der Waals surface area contributed by atoms with Crippen molar-refractivity contribution in [3.63, 3.8) is 0 Å². The summed E-state index contributed by atoms with van der Waals surface area (Å²) in [5, 5.41) is 3.26. The van der Waals surface area contributed by atoms with E-state index < -0.39 is 15.9 Å². The first kappa shape index (κ1) is 26.6. The van der Waals surface area contributed by atoms with Gasteiger partial charge in [0, 0.05) is 5.02 Å². The molecule has 0 atom stereocenters. The van der Waals surface area contributed by atoms with E-state index in [9.17, 15) is 13.2 Å². The molecule has 1 amide bonds. The van der Waals surface area contributed by atoms with Gasteiger partial charge in [0.2, 0.25) is 5.91 Å². The number of para-hydroxylation sites is 1. The lowest BCUT2D eigenvalue weighted by molar-refractivity contribution is -0.119. The Morgan fingerprint density at radius 3 is 2.37 bits per heavy atom. The quantitative estimate of drug-likeness (QED) is 0.364. The van der Waals surface area contributed by atoms with Crippen molar-refractivity contribution < 1.29 is 17.9 Å². The van der Waals surface area contributed by atoms with Gasteiger partial charge in [0.15, 0.2) is 0 Å². The van der Waals surface area contributed by atoms with Gasteiger partial charge in [-0.3, -0.25) is 9.10 Å². The fraction of sp³-hybridized carbons (Fsp3) is 0.296. The summed E-state index contributed by atoms with van der Waals surface area (Å²) >= 11 is 6.08. The molecule has 8 heteroatoms. The monoisotopic (exact) mass is 514 g/mol. The first-order valence-corrected chi connectivity index (χ1v) is 13.3. The number of hydrogen-bond acceptors (Lipinski definition) is 4. The normalized spacial score (nSPS) is 11.4. The minimum absolute atomic E-state index is 0.110. The lowest BCUT2D eigenvalue weighted by Crippen LogP contribution is -2.42. The molecule has 3 aromatic rings. The van der Waals surface area contributed by atoms with Crippen molar-refractivity contribution in [3.05, 3.63) is 88.4 Å². The van der Waals surface area contributed by atoms with Gasteiger partial charge < -0.3 is 10.1 Å². The Balaban J connectivity index is 1.74. The SMILES string of the molecule is Cc1ccc(S(=O)(=O)N(CC(=O)NCCOc2ccccc2C(C)C)c2ccc(Cl)cc2C)cc1. The van der Waals surface area contributed by atoms with Crippen LogP contribution in [-0.2, 0) is 14.8 Å². The Labute approximate surface area is 212 Å². The van der Waals surface area contributed by atoms with Gasteiger partial charge in [-0.2, -0.15) is 0 Å². The third-order valence-corrected chi connectivity index (χ3v) is 7.56. The molecule has 3 aromatic carbocycles. The average molecular weight is 515 g/mol. The zero-order chi connectivity index (χ0) is 25.6. The van der Waals surface area contributed by atoms with E-state index in [4.69, 9.17) is 16.3 Å². The summed E-state index contributed by atoms with van der Waals surface area (Å²) < 4.78 is 34.0. The topological polar surface area (TPSA) is 75.7 Å². The van der Waals surface area contributed by atoms with Crippen LogP contribution in [0.1, 0.15) is 36.5 Å². The zero-order valence-corrected chi connectivity index (χ0v) is 22.0. The fourth-order valence-corrected chi connectivity index (χ4v) is 5.37. The second-order valence-electron chi connectivity index (χ2n) is 8.65. The number of amides is 1. The van der Waals surface area contributed by atoms with Crippen LogP contribution in [-0.4, -0.2) is 34.0 Å². The molecule has 0 aliphatic rings. The van der Waals surface area contributed by atoms with Gasteiger partial charge in [-0.05, 0) is 67.3 Å². The molecule has 186 valence electrons. The number of benzene rings is 3. The van der Waals surface area contributed by atoms with Crippen LogP contribution < -0.4 is 14.4 Å². The zero-order valence-electron chi connectivity index (χ0n) is 20.4. The number of aryl methyl sites for hydroxylation is 2. The summed E-state index contributed by atoms with van der Waals surface area (Å²) in [6, 6.07) is 19.2. The molecule has 0 bridgehead atoms. The van der Waals surface area contributed by atoms with Crippen LogP contribution in [0.25, 0.3) is 0 Å². The van der Waals surface area contributed by atoms with Gasteiger partial charge in [-0.25, -0.2) is 8.42 Å². The minimum atomic E-state index is -3.99. The maximum absolute atomic E-state index is 13.5. The third kappa shape index (κ3) is 6.77. The number of nitrogens with one attached hydrogen (secondary N) is 1. The Hall–Kier alpha value is -3.03. The summed E-state index contributed by atoms with van der Waals surface area (Å²) in [4.78, 5) is 12.9. The summed E-state index contributed by atoms with van der Waals surface area (Å²) in [6.45, 7) is 7.95.